The van der Waals surface area contributed by atoms with Gasteiger partial charge in [-0.3, -0.25) is 9.59 Å². The highest BCUT2D eigenvalue weighted by molar-refractivity contribution is 6.30. The Balaban J connectivity index is 1.69. The van der Waals surface area contributed by atoms with Crippen LogP contribution >= 0.6 is 11.6 Å². The van der Waals surface area contributed by atoms with E-state index in [0.717, 1.165) is 37.7 Å². The third-order valence-corrected chi connectivity index (χ3v) is 5.69. The smallest absolute Gasteiger partial charge is 0.311 e. The van der Waals surface area contributed by atoms with Crippen LogP contribution in [0.15, 0.2) is 24.3 Å². The molecule has 4 nitrogen and oxygen atoms in total. The number of halogens is 1. The fourth-order valence-electron chi connectivity index (χ4n) is 3.65. The molecular weight excluding hydrogens is 314 g/mol. The van der Waals surface area contributed by atoms with Crippen LogP contribution in [0.4, 0.5) is 0 Å². The van der Waals surface area contributed by atoms with Crippen molar-refractivity contribution in [1.82, 2.24) is 5.32 Å². The summed E-state index contributed by atoms with van der Waals surface area (Å²) in [5, 5.41) is 13.2. The molecule has 1 aromatic carbocycles. The Bertz CT molecular complexity index is 601. The van der Waals surface area contributed by atoms with E-state index >= 15 is 0 Å². The van der Waals surface area contributed by atoms with E-state index in [1.807, 2.05) is 12.1 Å². The highest BCUT2D eigenvalue weighted by atomic mass is 35.5. The lowest BCUT2D eigenvalue weighted by molar-refractivity contribution is -0.151. The number of carbonyl (C=O) groups excluding carboxylic acids is 1. The summed E-state index contributed by atoms with van der Waals surface area (Å²) in [6.07, 6.45) is 5.83. The van der Waals surface area contributed by atoms with E-state index in [-0.39, 0.29) is 12.5 Å². The molecule has 0 unspecified atom stereocenters. The zero-order valence-electron chi connectivity index (χ0n) is 13.1. The Morgan fingerprint density at radius 2 is 1.65 bits per heavy atom. The van der Waals surface area contributed by atoms with Crippen LogP contribution in [0.3, 0.4) is 0 Å². The second-order valence-corrected chi connectivity index (χ2v) is 7.35. The van der Waals surface area contributed by atoms with Crippen molar-refractivity contribution >= 4 is 23.5 Å². The summed E-state index contributed by atoms with van der Waals surface area (Å²) in [6.45, 7) is 0.233. The normalized spacial score (nSPS) is 21.4. The van der Waals surface area contributed by atoms with Crippen molar-refractivity contribution in [3.63, 3.8) is 0 Å². The van der Waals surface area contributed by atoms with Crippen molar-refractivity contribution in [2.24, 2.45) is 5.41 Å². The lowest BCUT2D eigenvalue weighted by Gasteiger charge is -2.33. The van der Waals surface area contributed by atoms with Crippen molar-refractivity contribution in [1.29, 1.82) is 0 Å². The van der Waals surface area contributed by atoms with E-state index in [1.54, 1.807) is 12.1 Å². The first-order chi connectivity index (χ1) is 11.0. The minimum atomic E-state index is -0.788. The minimum absolute atomic E-state index is 0.0500. The summed E-state index contributed by atoms with van der Waals surface area (Å²) in [5.41, 5.74) is -0.310. The summed E-state index contributed by atoms with van der Waals surface area (Å²) in [7, 11) is 0. The molecule has 0 saturated heterocycles. The first-order valence-electron chi connectivity index (χ1n) is 8.26. The number of hydrogen-bond donors (Lipinski definition) is 2. The number of aliphatic carboxylic acids is 1. The number of benzene rings is 1. The lowest BCUT2D eigenvalue weighted by atomic mass is 9.74. The quantitative estimate of drug-likeness (QED) is 0.865. The van der Waals surface area contributed by atoms with Crippen molar-refractivity contribution < 1.29 is 14.7 Å². The van der Waals surface area contributed by atoms with Crippen molar-refractivity contribution in [3.8, 4) is 0 Å². The summed E-state index contributed by atoms with van der Waals surface area (Å²) >= 11 is 5.91. The number of carbonyl (C=O) groups is 2. The van der Waals surface area contributed by atoms with Gasteiger partial charge in [0.25, 0.3) is 0 Å². The molecule has 0 aliphatic heterocycles. The van der Waals surface area contributed by atoms with Crippen LogP contribution < -0.4 is 5.32 Å². The third kappa shape index (κ3) is 3.09. The number of carboxylic acids is 1. The molecule has 0 atom stereocenters. The number of rotatable bonds is 5. The topological polar surface area (TPSA) is 66.4 Å². The number of carboxylic acid groups (broad SMARTS) is 1. The van der Waals surface area contributed by atoms with Gasteiger partial charge in [-0.25, -0.2) is 0 Å². The highest BCUT2D eigenvalue weighted by Gasteiger charge is 2.52. The molecule has 2 N–H and O–H groups in total. The first-order valence-corrected chi connectivity index (χ1v) is 8.64. The summed E-state index contributed by atoms with van der Waals surface area (Å²) in [6, 6.07) is 7.37. The molecule has 5 heteroatoms. The Morgan fingerprint density at radius 3 is 2.17 bits per heavy atom. The van der Waals surface area contributed by atoms with Crippen molar-refractivity contribution in [2.45, 2.75) is 50.4 Å². The summed E-state index contributed by atoms with van der Waals surface area (Å²) in [4.78, 5) is 24.4. The van der Waals surface area contributed by atoms with E-state index in [4.69, 9.17) is 11.6 Å². The van der Waals surface area contributed by atoms with E-state index in [0.29, 0.717) is 17.9 Å². The standard InChI is InChI=1S/C18H22ClNO3/c19-14-6-4-13(5-7-14)18(10-11-18)15(21)20-12-17(16(22)23)8-2-1-3-9-17/h4-7H,1-3,8-12H2,(H,20,21)(H,22,23). The van der Waals surface area contributed by atoms with Gasteiger partial charge in [-0.2, -0.15) is 0 Å². The molecule has 0 aromatic heterocycles. The molecule has 2 saturated carbocycles. The minimum Gasteiger partial charge on any atom is -0.481 e. The van der Waals surface area contributed by atoms with Gasteiger partial charge < -0.3 is 10.4 Å². The molecule has 2 aliphatic rings. The molecule has 3 rings (SSSR count). The maximum atomic E-state index is 12.7. The van der Waals surface area contributed by atoms with E-state index in [9.17, 15) is 14.7 Å². The molecule has 2 fully saturated rings. The zero-order valence-corrected chi connectivity index (χ0v) is 13.9. The summed E-state index contributed by atoms with van der Waals surface area (Å²) < 4.78 is 0. The molecule has 0 spiro atoms. The first kappa shape index (κ1) is 16.3. The average molecular weight is 336 g/mol. The molecule has 0 heterocycles. The van der Waals surface area contributed by atoms with Gasteiger partial charge in [0, 0.05) is 11.6 Å². The molecule has 2 aliphatic carbocycles. The van der Waals surface area contributed by atoms with E-state index < -0.39 is 16.8 Å². The van der Waals surface area contributed by atoms with Crippen LogP contribution in [0.25, 0.3) is 0 Å². The molecule has 0 bridgehead atoms. The summed E-state index contributed by atoms with van der Waals surface area (Å²) in [5.74, 6) is -0.833. The Kier molecular flexibility index (Phi) is 4.37. The predicted molar refractivity (Wildman–Crippen MR) is 88.5 cm³/mol. The van der Waals surface area contributed by atoms with Crippen LogP contribution in [0, 0.1) is 5.41 Å². The van der Waals surface area contributed by atoms with Gasteiger partial charge in [0.15, 0.2) is 0 Å². The Labute approximate surface area is 141 Å². The Morgan fingerprint density at radius 1 is 1.04 bits per heavy atom. The zero-order chi connectivity index (χ0) is 16.5. The largest absolute Gasteiger partial charge is 0.481 e. The molecular formula is C18H22ClNO3. The van der Waals surface area contributed by atoms with Gasteiger partial charge in [-0.05, 0) is 43.4 Å². The van der Waals surface area contributed by atoms with Crippen LogP contribution in [-0.4, -0.2) is 23.5 Å². The van der Waals surface area contributed by atoms with Gasteiger partial charge in [0.05, 0.1) is 10.8 Å². The number of amides is 1. The van der Waals surface area contributed by atoms with Gasteiger partial charge in [-0.1, -0.05) is 43.0 Å². The maximum Gasteiger partial charge on any atom is 0.311 e. The fourth-order valence-corrected chi connectivity index (χ4v) is 3.78. The number of nitrogens with one attached hydrogen (secondary N) is 1. The molecule has 1 amide bonds. The number of hydrogen-bond acceptors (Lipinski definition) is 2. The Hall–Kier alpha value is -1.55. The van der Waals surface area contributed by atoms with Crippen LogP contribution in [0.1, 0.15) is 50.5 Å². The SMILES string of the molecule is O=C(O)C1(CNC(=O)C2(c3ccc(Cl)cc3)CC2)CCCCC1. The highest BCUT2D eigenvalue weighted by Crippen LogP contribution is 2.49. The molecule has 124 valence electrons. The van der Waals surface area contributed by atoms with Crippen molar-refractivity contribution in [2.75, 3.05) is 6.54 Å². The van der Waals surface area contributed by atoms with Gasteiger partial charge >= 0.3 is 5.97 Å². The second-order valence-electron chi connectivity index (χ2n) is 6.92. The fraction of sp³-hybridized carbons (Fsp3) is 0.556. The van der Waals surface area contributed by atoms with Gasteiger partial charge in [0.2, 0.25) is 5.91 Å². The average Bonchev–Trinajstić information content (AvgIpc) is 3.36. The lowest BCUT2D eigenvalue weighted by Crippen LogP contribution is -2.47. The molecule has 0 radical (unpaired) electrons. The van der Waals surface area contributed by atoms with Crippen LogP contribution in [0.5, 0.6) is 0 Å². The maximum absolute atomic E-state index is 12.7. The van der Waals surface area contributed by atoms with Gasteiger partial charge in [-0.15, -0.1) is 0 Å². The molecule has 1 aromatic rings. The third-order valence-electron chi connectivity index (χ3n) is 5.43. The van der Waals surface area contributed by atoms with Crippen LogP contribution in [-0.2, 0) is 15.0 Å². The van der Waals surface area contributed by atoms with Crippen LogP contribution in [0.2, 0.25) is 5.02 Å². The van der Waals surface area contributed by atoms with Gasteiger partial charge in [0.1, 0.15) is 0 Å². The van der Waals surface area contributed by atoms with E-state index in [2.05, 4.69) is 5.32 Å². The second kappa shape index (κ2) is 6.16. The monoisotopic (exact) mass is 335 g/mol. The van der Waals surface area contributed by atoms with E-state index in [1.165, 1.54) is 0 Å². The van der Waals surface area contributed by atoms with Crippen molar-refractivity contribution in [3.05, 3.63) is 34.9 Å². The molecule has 23 heavy (non-hydrogen) atoms. The predicted octanol–water partition coefficient (Wildman–Crippen LogP) is 3.52.